The first kappa shape index (κ1) is 11.8. The number of nitrogens with zero attached hydrogens (tertiary/aromatic N) is 3. The summed E-state index contributed by atoms with van der Waals surface area (Å²) >= 11 is 0. The predicted molar refractivity (Wildman–Crippen MR) is 62.8 cm³/mol. The van der Waals surface area contributed by atoms with Crippen LogP contribution in [0.3, 0.4) is 0 Å². The Morgan fingerprint density at radius 3 is 2.82 bits per heavy atom. The molecular formula is C11H16N4O2. The van der Waals surface area contributed by atoms with Crippen LogP contribution in [0.25, 0.3) is 0 Å². The molecule has 0 aromatic carbocycles. The molecular weight excluding hydrogens is 220 g/mol. The van der Waals surface area contributed by atoms with Crippen molar-refractivity contribution in [2.75, 3.05) is 24.6 Å². The molecule has 2 heterocycles. The molecule has 1 aliphatic rings. The van der Waals surface area contributed by atoms with Crippen molar-refractivity contribution in [3.05, 3.63) is 18.0 Å². The number of hydrogen-bond donors (Lipinski definition) is 1. The maximum absolute atomic E-state index is 11.4. The van der Waals surface area contributed by atoms with E-state index in [2.05, 4.69) is 9.97 Å². The summed E-state index contributed by atoms with van der Waals surface area (Å²) in [5, 5.41) is 0. The van der Waals surface area contributed by atoms with Gasteiger partial charge in [0.1, 0.15) is 0 Å². The zero-order chi connectivity index (χ0) is 12.3. The third-order valence-corrected chi connectivity index (χ3v) is 2.66. The maximum atomic E-state index is 11.4. The molecule has 2 N–H and O–H groups in total. The second-order valence-electron chi connectivity index (χ2n) is 3.99. The Morgan fingerprint density at radius 2 is 2.29 bits per heavy atom. The highest BCUT2D eigenvalue weighted by atomic mass is 16.5. The molecule has 1 aliphatic heterocycles. The fourth-order valence-electron chi connectivity index (χ4n) is 1.77. The molecule has 0 radical (unpaired) electrons. The predicted octanol–water partition coefficient (Wildman–Crippen LogP) is 0.191. The number of esters is 1. The summed E-state index contributed by atoms with van der Waals surface area (Å²) in [6, 6.07) is 0.184. The van der Waals surface area contributed by atoms with Gasteiger partial charge in [0, 0.05) is 31.5 Å². The van der Waals surface area contributed by atoms with Crippen LogP contribution in [0.5, 0.6) is 0 Å². The fourth-order valence-corrected chi connectivity index (χ4v) is 1.77. The van der Waals surface area contributed by atoms with E-state index in [0.29, 0.717) is 18.1 Å². The van der Waals surface area contributed by atoms with Crippen LogP contribution < -0.4 is 10.6 Å². The molecule has 17 heavy (non-hydrogen) atoms. The van der Waals surface area contributed by atoms with Gasteiger partial charge in [0.05, 0.1) is 12.2 Å². The van der Waals surface area contributed by atoms with Gasteiger partial charge in [-0.3, -0.25) is 0 Å². The van der Waals surface area contributed by atoms with Gasteiger partial charge >= 0.3 is 5.97 Å². The minimum atomic E-state index is -0.392. The molecule has 1 saturated heterocycles. The van der Waals surface area contributed by atoms with Gasteiger partial charge in [-0.25, -0.2) is 14.8 Å². The van der Waals surface area contributed by atoms with Crippen molar-refractivity contribution in [1.82, 2.24) is 9.97 Å². The second kappa shape index (κ2) is 5.09. The average molecular weight is 236 g/mol. The first-order valence-electron chi connectivity index (χ1n) is 5.70. The lowest BCUT2D eigenvalue weighted by Crippen LogP contribution is -2.27. The van der Waals surface area contributed by atoms with Crippen LogP contribution in [0.2, 0.25) is 0 Å². The molecule has 0 amide bonds. The van der Waals surface area contributed by atoms with E-state index in [0.717, 1.165) is 19.5 Å². The van der Waals surface area contributed by atoms with Crippen molar-refractivity contribution in [3.8, 4) is 0 Å². The normalized spacial score (nSPS) is 19.4. The highest BCUT2D eigenvalue weighted by Gasteiger charge is 2.21. The van der Waals surface area contributed by atoms with E-state index in [1.807, 2.05) is 4.90 Å². The lowest BCUT2D eigenvalue weighted by Gasteiger charge is -2.14. The van der Waals surface area contributed by atoms with Crippen LogP contribution in [0.4, 0.5) is 5.95 Å². The van der Waals surface area contributed by atoms with Gasteiger partial charge in [-0.2, -0.15) is 0 Å². The average Bonchev–Trinajstić information content (AvgIpc) is 2.76. The topological polar surface area (TPSA) is 81.3 Å². The SMILES string of the molecule is CCOC(=O)c1cnc(N2CCC(N)C2)nc1. The van der Waals surface area contributed by atoms with Gasteiger partial charge in [0.25, 0.3) is 0 Å². The van der Waals surface area contributed by atoms with E-state index in [1.165, 1.54) is 12.4 Å². The van der Waals surface area contributed by atoms with E-state index in [9.17, 15) is 4.79 Å². The summed E-state index contributed by atoms with van der Waals surface area (Å²) in [5.41, 5.74) is 6.18. The highest BCUT2D eigenvalue weighted by molar-refractivity contribution is 5.88. The molecule has 1 atom stereocenters. The van der Waals surface area contributed by atoms with Gasteiger partial charge in [-0.1, -0.05) is 0 Å². The zero-order valence-electron chi connectivity index (χ0n) is 9.80. The molecule has 0 bridgehead atoms. The lowest BCUT2D eigenvalue weighted by molar-refractivity contribution is 0.0525. The molecule has 1 unspecified atom stereocenters. The van der Waals surface area contributed by atoms with Crippen LogP contribution in [-0.4, -0.2) is 41.7 Å². The van der Waals surface area contributed by atoms with Gasteiger partial charge < -0.3 is 15.4 Å². The first-order chi connectivity index (χ1) is 8.20. The molecule has 1 aromatic heterocycles. The van der Waals surface area contributed by atoms with E-state index in [1.54, 1.807) is 6.92 Å². The van der Waals surface area contributed by atoms with Crippen LogP contribution >= 0.6 is 0 Å². The Labute approximate surface area is 99.8 Å². The van der Waals surface area contributed by atoms with E-state index < -0.39 is 5.97 Å². The minimum absolute atomic E-state index is 0.184. The summed E-state index contributed by atoms with van der Waals surface area (Å²) in [7, 11) is 0. The molecule has 92 valence electrons. The van der Waals surface area contributed by atoms with E-state index in [4.69, 9.17) is 10.5 Å². The van der Waals surface area contributed by atoms with Crippen molar-refractivity contribution in [2.45, 2.75) is 19.4 Å². The van der Waals surface area contributed by atoms with Crippen molar-refractivity contribution in [3.63, 3.8) is 0 Å². The third-order valence-electron chi connectivity index (χ3n) is 2.66. The van der Waals surface area contributed by atoms with Crippen molar-refractivity contribution < 1.29 is 9.53 Å². The van der Waals surface area contributed by atoms with E-state index in [-0.39, 0.29) is 6.04 Å². The monoisotopic (exact) mass is 236 g/mol. The maximum Gasteiger partial charge on any atom is 0.341 e. The van der Waals surface area contributed by atoms with Crippen molar-refractivity contribution in [2.24, 2.45) is 5.73 Å². The quantitative estimate of drug-likeness (QED) is 0.754. The fraction of sp³-hybridized carbons (Fsp3) is 0.545. The Kier molecular flexibility index (Phi) is 3.53. The molecule has 2 rings (SSSR count). The minimum Gasteiger partial charge on any atom is -0.462 e. The number of nitrogens with two attached hydrogens (primary N) is 1. The number of carbonyl (C=O) groups is 1. The highest BCUT2D eigenvalue weighted by Crippen LogP contribution is 2.14. The number of ether oxygens (including phenoxy) is 1. The lowest BCUT2D eigenvalue weighted by atomic mass is 10.3. The Bertz CT molecular complexity index is 393. The zero-order valence-corrected chi connectivity index (χ0v) is 9.80. The number of aromatic nitrogens is 2. The summed E-state index contributed by atoms with van der Waals surface area (Å²) in [6.07, 6.45) is 3.93. The smallest absolute Gasteiger partial charge is 0.341 e. The molecule has 1 aromatic rings. The summed E-state index contributed by atoms with van der Waals surface area (Å²) in [5.74, 6) is 0.225. The van der Waals surface area contributed by atoms with Crippen LogP contribution in [-0.2, 0) is 4.74 Å². The Balaban J connectivity index is 2.05. The summed E-state index contributed by atoms with van der Waals surface area (Å²) in [4.78, 5) is 21.7. The van der Waals surface area contributed by atoms with E-state index >= 15 is 0 Å². The number of hydrogen-bond acceptors (Lipinski definition) is 6. The summed E-state index contributed by atoms with van der Waals surface area (Å²) < 4.78 is 4.86. The second-order valence-corrected chi connectivity index (χ2v) is 3.99. The standard InChI is InChI=1S/C11H16N4O2/c1-2-17-10(16)8-5-13-11(14-6-8)15-4-3-9(12)7-15/h5-6,9H,2-4,7,12H2,1H3. The number of anilines is 1. The largest absolute Gasteiger partial charge is 0.462 e. The van der Waals surface area contributed by atoms with Gasteiger partial charge in [-0.05, 0) is 13.3 Å². The Hall–Kier alpha value is -1.69. The third kappa shape index (κ3) is 2.71. The molecule has 0 aliphatic carbocycles. The molecule has 6 heteroatoms. The van der Waals surface area contributed by atoms with Gasteiger partial charge in [-0.15, -0.1) is 0 Å². The van der Waals surface area contributed by atoms with Gasteiger partial charge in [0.2, 0.25) is 5.95 Å². The molecule has 1 fully saturated rings. The van der Waals surface area contributed by atoms with Crippen molar-refractivity contribution in [1.29, 1.82) is 0 Å². The van der Waals surface area contributed by atoms with Crippen LogP contribution in [0.1, 0.15) is 23.7 Å². The van der Waals surface area contributed by atoms with Gasteiger partial charge in [0.15, 0.2) is 0 Å². The molecule has 6 nitrogen and oxygen atoms in total. The molecule has 0 saturated carbocycles. The molecule has 0 spiro atoms. The first-order valence-corrected chi connectivity index (χ1v) is 5.70. The van der Waals surface area contributed by atoms with Crippen LogP contribution in [0.15, 0.2) is 12.4 Å². The Morgan fingerprint density at radius 1 is 1.59 bits per heavy atom. The number of rotatable bonds is 3. The number of carbonyl (C=O) groups excluding carboxylic acids is 1. The van der Waals surface area contributed by atoms with Crippen molar-refractivity contribution >= 4 is 11.9 Å². The summed E-state index contributed by atoms with van der Waals surface area (Å²) in [6.45, 7) is 3.74. The van der Waals surface area contributed by atoms with Crippen LogP contribution in [0, 0.1) is 0 Å².